The number of methoxy groups -OCH3 is 1. The molecule has 0 amide bonds. The van der Waals surface area contributed by atoms with Crippen LogP contribution < -0.4 is 10.1 Å². The van der Waals surface area contributed by atoms with Gasteiger partial charge in [-0.05, 0) is 18.6 Å². The smallest absolute Gasteiger partial charge is 0.124 e. The number of aromatic nitrogens is 2. The summed E-state index contributed by atoms with van der Waals surface area (Å²) < 4.78 is 5.20. The standard InChI is InChI=1S/C13H15N3O.ClH/c1-8-5-12(14-7-8)13-15-10-4-3-9(17-2)6-11(10)16-13;/h3-4,6,12,14H,1,5,7H2,2H3,(H,15,16);1H/t12-;/m0./s1. The highest BCUT2D eigenvalue weighted by atomic mass is 35.5. The lowest BCUT2D eigenvalue weighted by Gasteiger charge is -2.04. The van der Waals surface area contributed by atoms with Crippen molar-refractivity contribution in [2.75, 3.05) is 13.7 Å². The third-order valence-corrected chi connectivity index (χ3v) is 3.13. The minimum Gasteiger partial charge on any atom is -0.497 e. The molecule has 3 rings (SSSR count). The molecule has 1 aliphatic heterocycles. The van der Waals surface area contributed by atoms with Gasteiger partial charge in [-0.15, -0.1) is 12.4 Å². The lowest BCUT2D eigenvalue weighted by molar-refractivity contribution is 0.415. The van der Waals surface area contributed by atoms with Gasteiger partial charge in [0.15, 0.2) is 0 Å². The van der Waals surface area contributed by atoms with Gasteiger partial charge < -0.3 is 15.0 Å². The van der Waals surface area contributed by atoms with Crippen LogP contribution in [0.5, 0.6) is 5.75 Å². The molecule has 4 nitrogen and oxygen atoms in total. The van der Waals surface area contributed by atoms with Gasteiger partial charge in [0, 0.05) is 12.6 Å². The van der Waals surface area contributed by atoms with Gasteiger partial charge in [-0.3, -0.25) is 0 Å². The van der Waals surface area contributed by atoms with Crippen LogP contribution in [-0.2, 0) is 0 Å². The minimum absolute atomic E-state index is 0. The SMILES string of the molecule is C=C1CN[C@H](c2nc3ccc(OC)cc3[nH]2)C1.Cl. The molecule has 0 unspecified atom stereocenters. The summed E-state index contributed by atoms with van der Waals surface area (Å²) in [5.74, 6) is 1.82. The lowest BCUT2D eigenvalue weighted by Crippen LogP contribution is -2.14. The number of benzene rings is 1. The summed E-state index contributed by atoms with van der Waals surface area (Å²) in [6, 6.07) is 6.13. The van der Waals surface area contributed by atoms with Crippen molar-refractivity contribution in [2.24, 2.45) is 0 Å². The monoisotopic (exact) mass is 265 g/mol. The number of halogens is 1. The molecule has 18 heavy (non-hydrogen) atoms. The van der Waals surface area contributed by atoms with Crippen LogP contribution in [0.25, 0.3) is 11.0 Å². The van der Waals surface area contributed by atoms with Gasteiger partial charge in [0.1, 0.15) is 11.6 Å². The molecule has 0 bridgehead atoms. The van der Waals surface area contributed by atoms with Gasteiger partial charge in [0.2, 0.25) is 0 Å². The Morgan fingerprint density at radius 2 is 2.28 bits per heavy atom. The van der Waals surface area contributed by atoms with E-state index in [9.17, 15) is 0 Å². The van der Waals surface area contributed by atoms with Crippen LogP contribution in [0.4, 0.5) is 0 Å². The Labute approximate surface area is 112 Å². The number of hydrogen-bond donors (Lipinski definition) is 2. The Morgan fingerprint density at radius 1 is 1.44 bits per heavy atom. The Bertz CT molecular complexity index is 579. The van der Waals surface area contributed by atoms with Gasteiger partial charge in [-0.2, -0.15) is 0 Å². The number of imidazole rings is 1. The molecule has 5 heteroatoms. The molecule has 0 spiro atoms. The summed E-state index contributed by atoms with van der Waals surface area (Å²) in [4.78, 5) is 7.93. The second-order valence-corrected chi connectivity index (χ2v) is 4.39. The maximum Gasteiger partial charge on any atom is 0.124 e. The molecule has 1 aliphatic rings. The van der Waals surface area contributed by atoms with Crippen LogP contribution in [0.1, 0.15) is 18.3 Å². The van der Waals surface area contributed by atoms with E-state index in [-0.39, 0.29) is 18.4 Å². The van der Waals surface area contributed by atoms with Gasteiger partial charge in [-0.25, -0.2) is 4.98 Å². The van der Waals surface area contributed by atoms with E-state index in [0.29, 0.717) is 0 Å². The van der Waals surface area contributed by atoms with Gasteiger partial charge in [0.05, 0.1) is 24.2 Å². The molecule has 0 aliphatic carbocycles. The highest BCUT2D eigenvalue weighted by molar-refractivity contribution is 5.85. The van der Waals surface area contributed by atoms with E-state index in [2.05, 4.69) is 21.9 Å². The van der Waals surface area contributed by atoms with E-state index in [1.165, 1.54) is 5.57 Å². The number of nitrogens with one attached hydrogen (secondary N) is 2. The van der Waals surface area contributed by atoms with Gasteiger partial charge in [0.25, 0.3) is 0 Å². The highest BCUT2D eigenvalue weighted by Crippen LogP contribution is 2.26. The minimum atomic E-state index is 0. The highest BCUT2D eigenvalue weighted by Gasteiger charge is 2.21. The normalized spacial score (nSPS) is 18.9. The zero-order chi connectivity index (χ0) is 11.8. The van der Waals surface area contributed by atoms with E-state index in [4.69, 9.17) is 4.74 Å². The fourth-order valence-electron chi connectivity index (χ4n) is 2.19. The molecule has 0 radical (unpaired) electrons. The number of rotatable bonds is 2. The molecule has 2 N–H and O–H groups in total. The topological polar surface area (TPSA) is 49.9 Å². The first kappa shape index (κ1) is 12.9. The largest absolute Gasteiger partial charge is 0.497 e. The summed E-state index contributed by atoms with van der Waals surface area (Å²) in [6.07, 6.45) is 0.955. The number of aromatic amines is 1. The Morgan fingerprint density at radius 3 is 2.94 bits per heavy atom. The van der Waals surface area contributed by atoms with Crippen molar-refractivity contribution in [3.8, 4) is 5.75 Å². The molecule has 1 saturated heterocycles. The van der Waals surface area contributed by atoms with Crippen LogP contribution in [0.15, 0.2) is 30.4 Å². The zero-order valence-corrected chi connectivity index (χ0v) is 11.0. The number of hydrogen-bond acceptors (Lipinski definition) is 3. The Hall–Kier alpha value is -1.52. The predicted molar refractivity (Wildman–Crippen MR) is 74.4 cm³/mol. The maximum atomic E-state index is 5.20. The average Bonchev–Trinajstić information content (AvgIpc) is 2.93. The second-order valence-electron chi connectivity index (χ2n) is 4.39. The predicted octanol–water partition coefficient (Wildman–Crippen LogP) is 2.58. The van der Waals surface area contributed by atoms with E-state index in [1.54, 1.807) is 7.11 Å². The summed E-state index contributed by atoms with van der Waals surface area (Å²) >= 11 is 0. The van der Waals surface area contributed by atoms with Crippen molar-refractivity contribution in [3.05, 3.63) is 36.2 Å². The summed E-state index contributed by atoms with van der Waals surface area (Å²) in [6.45, 7) is 4.87. The van der Waals surface area contributed by atoms with Crippen LogP contribution in [0.2, 0.25) is 0 Å². The molecular weight excluding hydrogens is 250 g/mol. The van der Waals surface area contributed by atoms with E-state index < -0.39 is 0 Å². The Kier molecular flexibility index (Phi) is 3.59. The first-order chi connectivity index (χ1) is 8.26. The number of fused-ring (bicyclic) bond motifs is 1. The zero-order valence-electron chi connectivity index (χ0n) is 10.2. The summed E-state index contributed by atoms with van der Waals surface area (Å²) in [5.41, 5.74) is 3.21. The molecule has 2 heterocycles. The third-order valence-electron chi connectivity index (χ3n) is 3.13. The van der Waals surface area contributed by atoms with Crippen LogP contribution in [-0.4, -0.2) is 23.6 Å². The van der Waals surface area contributed by atoms with Crippen molar-refractivity contribution in [2.45, 2.75) is 12.5 Å². The quantitative estimate of drug-likeness (QED) is 0.821. The maximum absolute atomic E-state index is 5.20. The summed E-state index contributed by atoms with van der Waals surface area (Å²) in [5, 5.41) is 3.39. The molecular formula is C13H16ClN3O. The van der Waals surface area contributed by atoms with Crippen molar-refractivity contribution in [1.29, 1.82) is 0 Å². The number of ether oxygens (including phenoxy) is 1. The van der Waals surface area contributed by atoms with Crippen molar-refractivity contribution >= 4 is 23.4 Å². The fraction of sp³-hybridized carbons (Fsp3) is 0.308. The first-order valence-electron chi connectivity index (χ1n) is 5.70. The van der Waals surface area contributed by atoms with E-state index in [1.807, 2.05) is 18.2 Å². The van der Waals surface area contributed by atoms with Crippen LogP contribution in [0, 0.1) is 0 Å². The number of H-pyrrole nitrogens is 1. The van der Waals surface area contributed by atoms with Gasteiger partial charge in [-0.1, -0.05) is 12.2 Å². The molecule has 1 aromatic carbocycles. The number of nitrogens with zero attached hydrogens (tertiary/aromatic N) is 1. The van der Waals surface area contributed by atoms with Gasteiger partial charge >= 0.3 is 0 Å². The third kappa shape index (κ3) is 2.21. The second kappa shape index (κ2) is 5.00. The fourth-order valence-corrected chi connectivity index (χ4v) is 2.19. The molecule has 1 fully saturated rings. The van der Waals surface area contributed by atoms with E-state index in [0.717, 1.165) is 35.6 Å². The lowest BCUT2D eigenvalue weighted by atomic mass is 10.2. The first-order valence-corrected chi connectivity index (χ1v) is 5.70. The average molecular weight is 266 g/mol. The summed E-state index contributed by atoms with van der Waals surface area (Å²) in [7, 11) is 1.67. The van der Waals surface area contributed by atoms with Crippen molar-refractivity contribution in [1.82, 2.24) is 15.3 Å². The van der Waals surface area contributed by atoms with Crippen LogP contribution in [0.3, 0.4) is 0 Å². The molecule has 1 aromatic heterocycles. The van der Waals surface area contributed by atoms with Crippen molar-refractivity contribution < 1.29 is 4.74 Å². The molecule has 2 aromatic rings. The van der Waals surface area contributed by atoms with Crippen molar-refractivity contribution in [3.63, 3.8) is 0 Å². The van der Waals surface area contributed by atoms with E-state index >= 15 is 0 Å². The van der Waals surface area contributed by atoms with Crippen LogP contribution >= 0.6 is 12.4 Å². The molecule has 1 atom stereocenters. The Balaban J connectivity index is 0.00000120. The molecule has 96 valence electrons. The molecule has 0 saturated carbocycles.